The van der Waals surface area contributed by atoms with Crippen LogP contribution in [0.5, 0.6) is 0 Å². The second-order valence-corrected chi connectivity index (χ2v) is 9.15. The molecule has 3 atom stereocenters. The standard InChI is InChI=1S/C17H29NO4S/c1-14(13-23(2,20)21)12-18-9-5-3-4-7-15(18)11-16(19)17-8-6-10-22-17/h6,8,10,14-16,19H,3-5,7,9,11-13H2,1-2H3. The van der Waals surface area contributed by atoms with Crippen LogP contribution in [0.2, 0.25) is 0 Å². The Bertz CT molecular complexity index is 555. The topological polar surface area (TPSA) is 70.8 Å². The Morgan fingerprint density at radius 2 is 2.17 bits per heavy atom. The van der Waals surface area contributed by atoms with Crippen LogP contribution in [0.15, 0.2) is 22.8 Å². The quantitative estimate of drug-likeness (QED) is 0.824. The third-order valence-corrected chi connectivity index (χ3v) is 5.67. The summed E-state index contributed by atoms with van der Waals surface area (Å²) < 4.78 is 28.3. The summed E-state index contributed by atoms with van der Waals surface area (Å²) in [7, 11) is -2.95. The highest BCUT2D eigenvalue weighted by molar-refractivity contribution is 7.90. The highest BCUT2D eigenvalue weighted by Crippen LogP contribution is 2.27. The molecule has 6 heteroatoms. The van der Waals surface area contributed by atoms with E-state index in [1.165, 1.54) is 12.7 Å². The lowest BCUT2D eigenvalue weighted by Gasteiger charge is -2.33. The summed E-state index contributed by atoms with van der Waals surface area (Å²) >= 11 is 0. The number of likely N-dealkylation sites (tertiary alicyclic amines) is 1. The van der Waals surface area contributed by atoms with Gasteiger partial charge >= 0.3 is 0 Å². The van der Waals surface area contributed by atoms with Crippen molar-refractivity contribution in [1.82, 2.24) is 4.90 Å². The molecule has 0 spiro atoms. The van der Waals surface area contributed by atoms with Gasteiger partial charge in [0.2, 0.25) is 0 Å². The zero-order valence-electron chi connectivity index (χ0n) is 14.1. The zero-order valence-corrected chi connectivity index (χ0v) is 15.0. The van der Waals surface area contributed by atoms with E-state index in [1.807, 2.05) is 6.92 Å². The Kier molecular flexibility index (Phi) is 6.68. The van der Waals surface area contributed by atoms with Crippen LogP contribution in [0.25, 0.3) is 0 Å². The summed E-state index contributed by atoms with van der Waals surface area (Å²) in [5, 5.41) is 10.4. The SMILES string of the molecule is CC(CN1CCCCCC1CC(O)c1ccco1)CS(C)(=O)=O. The third-order valence-electron chi connectivity index (χ3n) is 4.50. The van der Waals surface area contributed by atoms with Gasteiger partial charge in [-0.05, 0) is 43.9 Å². The maximum Gasteiger partial charge on any atom is 0.147 e. The van der Waals surface area contributed by atoms with Gasteiger partial charge in [-0.1, -0.05) is 19.8 Å². The first-order valence-corrected chi connectivity index (χ1v) is 10.5. The van der Waals surface area contributed by atoms with Gasteiger partial charge in [-0.15, -0.1) is 0 Å². The lowest BCUT2D eigenvalue weighted by molar-refractivity contribution is 0.0812. The Labute approximate surface area is 139 Å². The third kappa shape index (κ3) is 6.28. The van der Waals surface area contributed by atoms with Gasteiger partial charge in [0.25, 0.3) is 0 Å². The van der Waals surface area contributed by atoms with E-state index in [0.717, 1.165) is 32.4 Å². The molecule has 2 heterocycles. The van der Waals surface area contributed by atoms with Crippen molar-refractivity contribution in [3.05, 3.63) is 24.2 Å². The predicted octanol–water partition coefficient (Wildman–Crippen LogP) is 2.63. The maximum atomic E-state index is 11.5. The number of hydrogen-bond acceptors (Lipinski definition) is 5. The number of sulfone groups is 1. The molecule has 0 aliphatic carbocycles. The van der Waals surface area contributed by atoms with Crippen molar-refractivity contribution in [3.63, 3.8) is 0 Å². The van der Waals surface area contributed by atoms with Crippen molar-refractivity contribution in [2.24, 2.45) is 5.92 Å². The summed E-state index contributed by atoms with van der Waals surface area (Å²) in [6.45, 7) is 3.73. The molecule has 23 heavy (non-hydrogen) atoms. The van der Waals surface area contributed by atoms with E-state index in [-0.39, 0.29) is 17.7 Å². The monoisotopic (exact) mass is 343 g/mol. The average Bonchev–Trinajstić information content (AvgIpc) is 2.89. The zero-order chi connectivity index (χ0) is 16.9. The van der Waals surface area contributed by atoms with E-state index in [9.17, 15) is 13.5 Å². The van der Waals surface area contributed by atoms with Crippen LogP contribution in [0.1, 0.15) is 50.9 Å². The van der Waals surface area contributed by atoms with Crippen molar-refractivity contribution >= 4 is 9.84 Å². The molecule has 1 saturated heterocycles. The molecule has 1 aliphatic heterocycles. The molecule has 1 aliphatic rings. The second kappa shape index (κ2) is 8.31. The van der Waals surface area contributed by atoms with Crippen LogP contribution >= 0.6 is 0 Å². The van der Waals surface area contributed by atoms with E-state index in [1.54, 1.807) is 18.4 Å². The molecule has 132 valence electrons. The van der Waals surface area contributed by atoms with Crippen molar-refractivity contribution in [2.75, 3.05) is 25.1 Å². The number of furan rings is 1. The molecule has 0 amide bonds. The number of aliphatic hydroxyl groups is 1. The molecular weight excluding hydrogens is 314 g/mol. The molecule has 1 aromatic rings. The van der Waals surface area contributed by atoms with Crippen LogP contribution in [-0.2, 0) is 9.84 Å². The molecule has 0 saturated carbocycles. The van der Waals surface area contributed by atoms with Gasteiger partial charge in [0.15, 0.2) is 0 Å². The Morgan fingerprint density at radius 1 is 1.39 bits per heavy atom. The largest absolute Gasteiger partial charge is 0.467 e. The molecule has 5 nitrogen and oxygen atoms in total. The van der Waals surface area contributed by atoms with Crippen molar-refractivity contribution in [1.29, 1.82) is 0 Å². The first-order valence-electron chi connectivity index (χ1n) is 8.48. The van der Waals surface area contributed by atoms with E-state index in [2.05, 4.69) is 4.90 Å². The van der Waals surface area contributed by atoms with Gasteiger partial charge in [-0.3, -0.25) is 4.90 Å². The molecule has 0 aromatic carbocycles. The van der Waals surface area contributed by atoms with Crippen LogP contribution < -0.4 is 0 Å². The normalized spacial score (nSPS) is 23.3. The molecule has 3 unspecified atom stereocenters. The Morgan fingerprint density at radius 3 is 2.83 bits per heavy atom. The minimum atomic E-state index is -2.95. The molecule has 1 fully saturated rings. The molecular formula is C17H29NO4S. The van der Waals surface area contributed by atoms with Gasteiger partial charge in [0, 0.05) is 18.8 Å². The fourth-order valence-corrected chi connectivity index (χ4v) is 4.71. The fourth-order valence-electron chi connectivity index (χ4n) is 3.57. The fraction of sp³-hybridized carbons (Fsp3) is 0.765. The average molecular weight is 343 g/mol. The molecule has 1 aromatic heterocycles. The molecule has 1 N–H and O–H groups in total. The summed E-state index contributed by atoms with van der Waals surface area (Å²) in [6, 6.07) is 3.87. The van der Waals surface area contributed by atoms with Crippen molar-refractivity contribution in [3.8, 4) is 0 Å². The van der Waals surface area contributed by atoms with E-state index >= 15 is 0 Å². The number of aliphatic hydroxyl groups excluding tert-OH is 1. The number of hydrogen-bond donors (Lipinski definition) is 1. The van der Waals surface area contributed by atoms with Gasteiger partial charge in [-0.2, -0.15) is 0 Å². The summed E-state index contributed by atoms with van der Waals surface area (Å²) in [4.78, 5) is 2.37. The van der Waals surface area contributed by atoms with E-state index in [4.69, 9.17) is 4.42 Å². The summed E-state index contributed by atoms with van der Waals surface area (Å²) in [6.07, 6.45) is 7.46. The minimum absolute atomic E-state index is 0.103. The predicted molar refractivity (Wildman–Crippen MR) is 91.0 cm³/mol. The summed E-state index contributed by atoms with van der Waals surface area (Å²) in [5.74, 6) is 0.932. The maximum absolute atomic E-state index is 11.5. The molecule has 0 radical (unpaired) electrons. The highest BCUT2D eigenvalue weighted by atomic mass is 32.2. The van der Waals surface area contributed by atoms with Crippen LogP contribution in [0.4, 0.5) is 0 Å². The number of rotatable bonds is 7. The van der Waals surface area contributed by atoms with Gasteiger partial charge in [0.1, 0.15) is 21.7 Å². The summed E-state index contributed by atoms with van der Waals surface area (Å²) in [5.41, 5.74) is 0. The van der Waals surface area contributed by atoms with Crippen molar-refractivity contribution < 1.29 is 17.9 Å². The molecule has 2 rings (SSSR count). The smallest absolute Gasteiger partial charge is 0.147 e. The van der Waals surface area contributed by atoms with Crippen molar-refractivity contribution in [2.45, 2.75) is 51.2 Å². The van der Waals surface area contributed by atoms with Gasteiger partial charge in [-0.25, -0.2) is 8.42 Å². The first kappa shape index (κ1) is 18.5. The first-order chi connectivity index (χ1) is 10.8. The lowest BCUT2D eigenvalue weighted by atomic mass is 10.0. The van der Waals surface area contributed by atoms with Gasteiger partial charge in [0.05, 0.1) is 12.0 Å². The Hall–Kier alpha value is -0.850. The lowest BCUT2D eigenvalue weighted by Crippen LogP contribution is -2.40. The van der Waals surface area contributed by atoms with Gasteiger partial charge < -0.3 is 9.52 Å². The second-order valence-electron chi connectivity index (χ2n) is 6.96. The number of nitrogens with zero attached hydrogens (tertiary/aromatic N) is 1. The molecule has 0 bridgehead atoms. The van der Waals surface area contributed by atoms with Crippen LogP contribution in [-0.4, -0.2) is 49.6 Å². The van der Waals surface area contributed by atoms with Crippen LogP contribution in [0.3, 0.4) is 0 Å². The minimum Gasteiger partial charge on any atom is -0.467 e. The Balaban J connectivity index is 1.98. The van der Waals surface area contributed by atoms with E-state index in [0.29, 0.717) is 12.2 Å². The van der Waals surface area contributed by atoms with E-state index < -0.39 is 15.9 Å². The van der Waals surface area contributed by atoms with Crippen LogP contribution in [0, 0.1) is 5.92 Å². The highest BCUT2D eigenvalue weighted by Gasteiger charge is 2.27.